The van der Waals surface area contributed by atoms with E-state index in [2.05, 4.69) is 50.3 Å². The monoisotopic (exact) mass is 1250 g/mol. The highest BCUT2D eigenvalue weighted by atomic mass is 31.2. The Morgan fingerprint density at radius 3 is 0.885 bits per heavy atom. The molecule has 0 aliphatic carbocycles. The van der Waals surface area contributed by atoms with Gasteiger partial charge in [0, 0.05) is 19.4 Å². The summed E-state index contributed by atoms with van der Waals surface area (Å²) in [6, 6.07) is 0. The van der Waals surface area contributed by atoms with Crippen molar-refractivity contribution >= 4 is 19.8 Å². The number of phosphoric acid groups is 1. The van der Waals surface area contributed by atoms with Gasteiger partial charge < -0.3 is 20.1 Å². The molecule has 3 N–H and O–H groups in total. The molecule has 2 atom stereocenters. The first kappa shape index (κ1) is 85.2. The van der Waals surface area contributed by atoms with Crippen LogP contribution in [0.25, 0.3) is 0 Å². The molecule has 0 saturated carbocycles. The number of carbonyl (C=O) groups is 2. The Morgan fingerprint density at radius 1 is 0.345 bits per heavy atom. The third-order valence-electron chi connectivity index (χ3n) is 17.5. The summed E-state index contributed by atoms with van der Waals surface area (Å²) in [5.74, 6) is -0.806. The van der Waals surface area contributed by atoms with Gasteiger partial charge in [-0.2, -0.15) is 0 Å². The van der Waals surface area contributed by atoms with E-state index in [1.807, 2.05) is 0 Å². The van der Waals surface area contributed by atoms with E-state index in [4.69, 9.17) is 24.3 Å². The molecule has 0 amide bonds. The molecule has 0 fully saturated rings. The summed E-state index contributed by atoms with van der Waals surface area (Å²) in [6.07, 6.45) is 92.8. The van der Waals surface area contributed by atoms with Crippen molar-refractivity contribution < 1.29 is 37.6 Å². The van der Waals surface area contributed by atoms with Gasteiger partial charge in [-0.15, -0.1) is 0 Å². The third-order valence-corrected chi connectivity index (χ3v) is 18.5. The lowest BCUT2D eigenvalue weighted by atomic mass is 10.0. The van der Waals surface area contributed by atoms with Crippen LogP contribution in [-0.2, 0) is 32.7 Å². The highest BCUT2D eigenvalue weighted by Gasteiger charge is 2.26. The SMILES string of the molecule is CCCCCCC/C=C\C/C=C\C/C=C\CCCCCCCCCCCCCCCCC(=O)OC(COC(=O)CCCCCCCCCCCCCCCCCCCCCCCCCCCCCCCCCCCCCCC)COP(=O)(O)OCCN. The van der Waals surface area contributed by atoms with E-state index in [-0.39, 0.29) is 38.6 Å². The molecule has 0 bridgehead atoms. The topological polar surface area (TPSA) is 134 Å². The lowest BCUT2D eigenvalue weighted by Crippen LogP contribution is -2.29. The van der Waals surface area contributed by atoms with Crippen LogP contribution in [0, 0.1) is 0 Å². The van der Waals surface area contributed by atoms with Crippen molar-refractivity contribution in [3.63, 3.8) is 0 Å². The molecule has 0 heterocycles. The molecule has 0 saturated heterocycles. The van der Waals surface area contributed by atoms with E-state index in [9.17, 15) is 19.0 Å². The molecule has 514 valence electrons. The first-order chi connectivity index (χ1) is 42.8. The molecule has 0 radical (unpaired) electrons. The molecule has 87 heavy (non-hydrogen) atoms. The number of allylic oxidation sites excluding steroid dienone is 6. The number of esters is 2. The fourth-order valence-electron chi connectivity index (χ4n) is 11.8. The molecular formula is C77H148NO8P. The fourth-order valence-corrected chi connectivity index (χ4v) is 12.6. The number of nitrogens with two attached hydrogens (primary N) is 1. The van der Waals surface area contributed by atoms with Gasteiger partial charge in [0.15, 0.2) is 6.10 Å². The number of unbranched alkanes of at least 4 members (excludes halogenated alkanes) is 55. The molecule has 9 nitrogen and oxygen atoms in total. The quantitative estimate of drug-likeness (QED) is 0.0264. The molecule has 2 unspecified atom stereocenters. The number of phosphoric ester groups is 1. The first-order valence-electron chi connectivity index (χ1n) is 38.5. The second kappa shape index (κ2) is 73.3. The Morgan fingerprint density at radius 2 is 0.598 bits per heavy atom. The van der Waals surface area contributed by atoms with Crippen LogP contribution >= 0.6 is 7.82 Å². The van der Waals surface area contributed by atoms with E-state index in [0.29, 0.717) is 6.42 Å². The van der Waals surface area contributed by atoms with Crippen molar-refractivity contribution in [2.75, 3.05) is 26.4 Å². The van der Waals surface area contributed by atoms with Crippen LogP contribution in [0.4, 0.5) is 0 Å². The van der Waals surface area contributed by atoms with Crippen molar-refractivity contribution in [2.45, 2.75) is 418 Å². The molecule has 0 aliphatic heterocycles. The largest absolute Gasteiger partial charge is 0.472 e. The second-order valence-electron chi connectivity index (χ2n) is 26.2. The molecule has 0 spiro atoms. The fraction of sp³-hybridized carbons (Fsp3) is 0.896. The van der Waals surface area contributed by atoms with Crippen molar-refractivity contribution in [1.29, 1.82) is 0 Å². The average molecular weight is 1250 g/mol. The van der Waals surface area contributed by atoms with Gasteiger partial charge in [-0.3, -0.25) is 18.6 Å². The van der Waals surface area contributed by atoms with Gasteiger partial charge in [0.05, 0.1) is 13.2 Å². The lowest BCUT2D eigenvalue weighted by Gasteiger charge is -2.19. The van der Waals surface area contributed by atoms with Crippen molar-refractivity contribution in [2.24, 2.45) is 5.73 Å². The Labute approximate surface area is 541 Å². The third kappa shape index (κ3) is 73.2. The highest BCUT2D eigenvalue weighted by Crippen LogP contribution is 2.43. The van der Waals surface area contributed by atoms with Crippen LogP contribution in [0.5, 0.6) is 0 Å². The molecule has 10 heteroatoms. The molecule has 0 aromatic rings. The van der Waals surface area contributed by atoms with Crippen molar-refractivity contribution in [1.82, 2.24) is 0 Å². The van der Waals surface area contributed by atoms with Gasteiger partial charge >= 0.3 is 19.8 Å². The van der Waals surface area contributed by atoms with E-state index >= 15 is 0 Å². The Balaban J connectivity index is 3.76. The van der Waals surface area contributed by atoms with Gasteiger partial charge in [-0.25, -0.2) is 4.57 Å². The van der Waals surface area contributed by atoms with Crippen LogP contribution in [-0.4, -0.2) is 49.3 Å². The molecule has 0 rings (SSSR count). The summed E-state index contributed by atoms with van der Waals surface area (Å²) in [5, 5.41) is 0. The Hall–Kier alpha value is -1.77. The van der Waals surface area contributed by atoms with E-state index in [0.717, 1.165) is 51.4 Å². The molecular weight excluding hydrogens is 1100 g/mol. The average Bonchev–Trinajstić information content (AvgIpc) is 3.63. The molecule has 0 aromatic carbocycles. The van der Waals surface area contributed by atoms with E-state index in [1.54, 1.807) is 0 Å². The van der Waals surface area contributed by atoms with Crippen molar-refractivity contribution in [3.8, 4) is 0 Å². The number of ether oxygens (including phenoxy) is 2. The standard InChI is InChI=1S/C77H148NO8P/c1-3-5-7-9-11-13-15-17-19-21-23-25-27-29-31-33-34-35-36-37-38-39-40-42-43-45-47-49-51-53-55-57-59-61-63-65-67-69-76(79)83-73-75(74-85-87(81,82)84-72-71-78)86-77(80)70-68-66-64-62-60-58-56-54-52-50-48-46-44-41-32-30-28-26-24-22-20-18-16-14-12-10-8-6-4-2/h16,18,22,24,28,30,75H,3-15,17,19-21,23,25-27,29,31-74,78H2,1-2H3,(H,81,82)/b18-16-,24-22-,30-28-. The van der Waals surface area contributed by atoms with E-state index in [1.165, 1.54) is 327 Å². The lowest BCUT2D eigenvalue weighted by molar-refractivity contribution is -0.161. The van der Waals surface area contributed by atoms with Crippen molar-refractivity contribution in [3.05, 3.63) is 36.5 Å². The van der Waals surface area contributed by atoms with Gasteiger partial charge in [0.1, 0.15) is 6.61 Å². The van der Waals surface area contributed by atoms with Gasteiger partial charge in [-0.1, -0.05) is 384 Å². The second-order valence-corrected chi connectivity index (χ2v) is 27.7. The maximum absolute atomic E-state index is 12.8. The zero-order valence-corrected chi connectivity index (χ0v) is 58.9. The van der Waals surface area contributed by atoms with Gasteiger partial charge in [0.2, 0.25) is 0 Å². The summed E-state index contributed by atoms with van der Waals surface area (Å²) in [4.78, 5) is 35.4. The van der Waals surface area contributed by atoms with Crippen LogP contribution in [0.2, 0.25) is 0 Å². The number of hydrogen-bond donors (Lipinski definition) is 2. The molecule has 0 aromatic heterocycles. The number of rotatable bonds is 74. The van der Waals surface area contributed by atoms with Crippen LogP contribution in [0.15, 0.2) is 36.5 Å². The minimum Gasteiger partial charge on any atom is -0.462 e. The summed E-state index contributed by atoms with van der Waals surface area (Å²) < 4.78 is 33.2. The van der Waals surface area contributed by atoms with Gasteiger partial charge in [-0.05, 0) is 51.4 Å². The first-order valence-corrected chi connectivity index (χ1v) is 40.0. The Bertz CT molecular complexity index is 1520. The maximum atomic E-state index is 12.8. The van der Waals surface area contributed by atoms with Crippen LogP contribution < -0.4 is 5.73 Å². The van der Waals surface area contributed by atoms with Gasteiger partial charge in [0.25, 0.3) is 0 Å². The predicted molar refractivity (Wildman–Crippen MR) is 377 cm³/mol. The highest BCUT2D eigenvalue weighted by molar-refractivity contribution is 7.47. The Kier molecular flexibility index (Phi) is 71.8. The minimum absolute atomic E-state index is 0.0554. The molecule has 0 aliphatic rings. The number of carbonyl (C=O) groups excluding carboxylic acids is 2. The normalized spacial score (nSPS) is 13.0. The zero-order valence-electron chi connectivity index (χ0n) is 58.0. The zero-order chi connectivity index (χ0) is 63.0. The van der Waals surface area contributed by atoms with Crippen LogP contribution in [0.3, 0.4) is 0 Å². The summed E-state index contributed by atoms with van der Waals surface area (Å²) in [6.45, 7) is 3.81. The number of hydrogen-bond acceptors (Lipinski definition) is 8. The summed E-state index contributed by atoms with van der Waals surface area (Å²) in [5.41, 5.74) is 5.41. The van der Waals surface area contributed by atoms with E-state index < -0.39 is 26.5 Å². The summed E-state index contributed by atoms with van der Waals surface area (Å²) >= 11 is 0. The smallest absolute Gasteiger partial charge is 0.462 e. The minimum atomic E-state index is -4.39. The van der Waals surface area contributed by atoms with Crippen LogP contribution in [0.1, 0.15) is 412 Å². The summed E-state index contributed by atoms with van der Waals surface area (Å²) in [7, 11) is -4.39. The predicted octanol–water partition coefficient (Wildman–Crippen LogP) is 25.4. The maximum Gasteiger partial charge on any atom is 0.472 e.